The molecule has 0 saturated carbocycles. The monoisotopic (exact) mass is 230 g/mol. The normalized spacial score (nSPS) is 9.80. The number of benzene rings is 1. The second kappa shape index (κ2) is 4.89. The molecule has 0 aliphatic rings. The number of Topliss-reactive ketones (excluding diaryl/α,β-unsaturated/α-hetero) is 1. The minimum absolute atomic E-state index is 0.201. The highest BCUT2D eigenvalue weighted by Gasteiger charge is 2.16. The van der Waals surface area contributed by atoms with Gasteiger partial charge in [-0.25, -0.2) is 4.39 Å². The predicted molar refractivity (Wildman–Crippen MR) is 52.4 cm³/mol. The molecule has 0 unspecified atom stereocenters. The Balaban J connectivity index is 2.91. The van der Waals surface area contributed by atoms with Gasteiger partial charge in [0.15, 0.2) is 5.78 Å². The van der Waals surface area contributed by atoms with Crippen molar-refractivity contribution in [2.45, 2.75) is 6.42 Å². The summed E-state index contributed by atoms with van der Waals surface area (Å²) < 4.78 is 17.4. The van der Waals surface area contributed by atoms with Crippen LogP contribution in [0.5, 0.6) is 0 Å². The Kier molecular flexibility index (Phi) is 3.80. The highest BCUT2D eigenvalue weighted by molar-refractivity contribution is 6.31. The first-order chi connectivity index (χ1) is 7.04. The molecule has 15 heavy (non-hydrogen) atoms. The molecule has 0 radical (unpaired) electrons. The molecule has 3 nitrogen and oxygen atoms in total. The number of carbonyl (C=O) groups excluding carboxylic acids is 2. The van der Waals surface area contributed by atoms with Gasteiger partial charge in [0.05, 0.1) is 12.7 Å². The van der Waals surface area contributed by atoms with E-state index in [4.69, 9.17) is 11.6 Å². The van der Waals surface area contributed by atoms with E-state index < -0.39 is 24.0 Å². The van der Waals surface area contributed by atoms with Gasteiger partial charge in [-0.2, -0.15) is 0 Å². The van der Waals surface area contributed by atoms with E-state index in [0.717, 1.165) is 13.2 Å². The van der Waals surface area contributed by atoms with Crippen LogP contribution < -0.4 is 0 Å². The molecule has 0 amide bonds. The van der Waals surface area contributed by atoms with Crippen molar-refractivity contribution >= 4 is 23.4 Å². The Morgan fingerprint density at radius 1 is 1.47 bits per heavy atom. The molecule has 1 aromatic carbocycles. The fourth-order valence-corrected chi connectivity index (χ4v) is 1.18. The molecule has 0 aliphatic heterocycles. The van der Waals surface area contributed by atoms with Crippen molar-refractivity contribution in [3.05, 3.63) is 34.6 Å². The molecule has 0 fully saturated rings. The van der Waals surface area contributed by atoms with Gasteiger partial charge in [-0.3, -0.25) is 9.59 Å². The van der Waals surface area contributed by atoms with Crippen molar-refractivity contribution < 1.29 is 18.7 Å². The lowest BCUT2D eigenvalue weighted by Crippen LogP contribution is -2.10. The summed E-state index contributed by atoms with van der Waals surface area (Å²) in [5.41, 5.74) is -0.201. The number of ketones is 1. The van der Waals surface area contributed by atoms with Gasteiger partial charge in [0.2, 0.25) is 0 Å². The summed E-state index contributed by atoms with van der Waals surface area (Å²) in [4.78, 5) is 22.2. The zero-order valence-corrected chi connectivity index (χ0v) is 8.68. The van der Waals surface area contributed by atoms with Gasteiger partial charge in [-0.05, 0) is 18.2 Å². The minimum Gasteiger partial charge on any atom is -0.469 e. The molecule has 0 aromatic heterocycles. The van der Waals surface area contributed by atoms with Crippen molar-refractivity contribution in [3.63, 3.8) is 0 Å². The number of hydrogen-bond donors (Lipinski definition) is 0. The van der Waals surface area contributed by atoms with Crippen LogP contribution in [0, 0.1) is 5.82 Å². The minimum atomic E-state index is -0.709. The molecule has 0 saturated heterocycles. The first-order valence-corrected chi connectivity index (χ1v) is 4.47. The lowest BCUT2D eigenvalue weighted by Gasteiger charge is -2.02. The molecule has 0 atom stereocenters. The first kappa shape index (κ1) is 11.7. The summed E-state index contributed by atoms with van der Waals surface area (Å²) in [5.74, 6) is -2.06. The second-order valence-electron chi connectivity index (χ2n) is 2.80. The molecule has 80 valence electrons. The average molecular weight is 231 g/mol. The summed E-state index contributed by atoms with van der Waals surface area (Å²) in [6.45, 7) is 0. The fraction of sp³-hybridized carbons (Fsp3) is 0.200. The number of esters is 1. The van der Waals surface area contributed by atoms with Gasteiger partial charge in [-0.15, -0.1) is 0 Å². The van der Waals surface area contributed by atoms with Crippen LogP contribution in [0.3, 0.4) is 0 Å². The maximum atomic E-state index is 13.1. The zero-order valence-electron chi connectivity index (χ0n) is 7.92. The summed E-state index contributed by atoms with van der Waals surface area (Å²) >= 11 is 5.60. The Morgan fingerprint density at radius 3 is 2.73 bits per heavy atom. The van der Waals surface area contributed by atoms with Gasteiger partial charge in [0, 0.05) is 5.02 Å². The standard InChI is InChI=1S/C10H8ClFO3/c1-15-10(14)5-9(13)7-4-6(11)2-3-8(7)12/h2-4H,5H2,1H3. The van der Waals surface area contributed by atoms with Gasteiger partial charge in [0.1, 0.15) is 12.2 Å². The maximum Gasteiger partial charge on any atom is 0.313 e. The van der Waals surface area contributed by atoms with E-state index in [-0.39, 0.29) is 10.6 Å². The van der Waals surface area contributed by atoms with Gasteiger partial charge in [0.25, 0.3) is 0 Å². The van der Waals surface area contributed by atoms with Gasteiger partial charge < -0.3 is 4.74 Å². The molecule has 0 N–H and O–H groups in total. The number of methoxy groups -OCH3 is 1. The van der Waals surface area contributed by atoms with Crippen LogP contribution in [0.15, 0.2) is 18.2 Å². The van der Waals surface area contributed by atoms with Crippen LogP contribution in [-0.2, 0) is 9.53 Å². The summed E-state index contributed by atoms with van der Waals surface area (Å²) in [7, 11) is 1.16. The molecule has 0 spiro atoms. The van der Waals surface area contributed by atoms with E-state index in [2.05, 4.69) is 4.74 Å². The van der Waals surface area contributed by atoms with Crippen LogP contribution >= 0.6 is 11.6 Å². The quantitative estimate of drug-likeness (QED) is 0.454. The molecular weight excluding hydrogens is 223 g/mol. The largest absolute Gasteiger partial charge is 0.469 e. The van der Waals surface area contributed by atoms with Crippen molar-refractivity contribution in [3.8, 4) is 0 Å². The molecule has 1 rings (SSSR count). The highest BCUT2D eigenvalue weighted by atomic mass is 35.5. The third-order valence-electron chi connectivity index (χ3n) is 1.76. The summed E-state index contributed by atoms with van der Waals surface area (Å²) in [6, 6.07) is 3.58. The molecule has 1 aromatic rings. The van der Waals surface area contributed by atoms with Gasteiger partial charge in [-0.1, -0.05) is 11.6 Å². The highest BCUT2D eigenvalue weighted by Crippen LogP contribution is 2.16. The SMILES string of the molecule is COC(=O)CC(=O)c1cc(Cl)ccc1F. The van der Waals surface area contributed by atoms with Crippen LogP contribution in [0.4, 0.5) is 4.39 Å². The first-order valence-electron chi connectivity index (χ1n) is 4.09. The third kappa shape index (κ3) is 3.02. The smallest absolute Gasteiger partial charge is 0.313 e. The molecule has 0 aliphatic carbocycles. The van der Waals surface area contributed by atoms with E-state index in [1.807, 2.05) is 0 Å². The van der Waals surface area contributed by atoms with Crippen molar-refractivity contribution in [2.75, 3.05) is 7.11 Å². The van der Waals surface area contributed by atoms with E-state index in [0.29, 0.717) is 0 Å². The number of hydrogen-bond acceptors (Lipinski definition) is 3. The molecule has 0 heterocycles. The molecular formula is C10H8ClFO3. The van der Waals surface area contributed by atoms with Crippen molar-refractivity contribution in [2.24, 2.45) is 0 Å². The summed E-state index contributed by atoms with van der Waals surface area (Å²) in [6.07, 6.45) is -0.492. The topological polar surface area (TPSA) is 43.4 Å². The number of ether oxygens (including phenoxy) is 1. The van der Waals surface area contributed by atoms with Crippen molar-refractivity contribution in [1.82, 2.24) is 0 Å². The maximum absolute atomic E-state index is 13.1. The zero-order chi connectivity index (χ0) is 11.4. The van der Waals surface area contributed by atoms with E-state index in [1.165, 1.54) is 12.1 Å². The van der Waals surface area contributed by atoms with E-state index >= 15 is 0 Å². The van der Waals surface area contributed by atoms with Crippen molar-refractivity contribution in [1.29, 1.82) is 0 Å². The number of rotatable bonds is 3. The van der Waals surface area contributed by atoms with Crippen LogP contribution in [0.25, 0.3) is 0 Å². The Bertz CT molecular complexity index is 404. The summed E-state index contributed by atoms with van der Waals surface area (Å²) in [5, 5.41) is 0.240. The van der Waals surface area contributed by atoms with E-state index in [1.54, 1.807) is 0 Å². The Labute approximate surface area is 90.8 Å². The van der Waals surface area contributed by atoms with Crippen LogP contribution in [-0.4, -0.2) is 18.9 Å². The number of halogens is 2. The second-order valence-corrected chi connectivity index (χ2v) is 3.24. The lowest BCUT2D eigenvalue weighted by molar-refractivity contribution is -0.139. The third-order valence-corrected chi connectivity index (χ3v) is 2.00. The molecule has 0 bridgehead atoms. The van der Waals surface area contributed by atoms with Crippen LogP contribution in [0.1, 0.15) is 16.8 Å². The van der Waals surface area contributed by atoms with E-state index in [9.17, 15) is 14.0 Å². The van der Waals surface area contributed by atoms with Gasteiger partial charge >= 0.3 is 5.97 Å². The Hall–Kier alpha value is -1.42. The number of carbonyl (C=O) groups is 2. The predicted octanol–water partition coefficient (Wildman–Crippen LogP) is 2.22. The fourth-order valence-electron chi connectivity index (χ4n) is 1.01. The van der Waals surface area contributed by atoms with Crippen LogP contribution in [0.2, 0.25) is 5.02 Å². The molecule has 5 heteroatoms. The lowest BCUT2D eigenvalue weighted by atomic mass is 10.1. The average Bonchev–Trinajstić information content (AvgIpc) is 2.21. The Morgan fingerprint density at radius 2 is 2.13 bits per heavy atom.